The third kappa shape index (κ3) is 7.58. The summed E-state index contributed by atoms with van der Waals surface area (Å²) in [7, 11) is 0. The van der Waals surface area contributed by atoms with Gasteiger partial charge in [-0.25, -0.2) is 4.79 Å². The average Bonchev–Trinajstić information content (AvgIpc) is 3.38. The number of halogens is 1. The van der Waals surface area contributed by atoms with Crippen molar-refractivity contribution in [3.05, 3.63) is 88.9 Å². The number of hydrogen-bond donors (Lipinski definition) is 4. The van der Waals surface area contributed by atoms with Crippen LogP contribution in [-0.2, 0) is 19.2 Å². The molecule has 0 saturated carbocycles. The standard InChI is InChI=1S/C32H33ClN4O6/c1-32(2,3)26(19-8-5-4-6-9-19)27(28(39)34-22-14-11-20(12-15-22)31(42)43)36-30(41)29(40)35-23-18-21(33)13-16-24(23)37-17-7-10-25(37)38/h4-6,8-9,11-16,18,26-27H,7,10,17H2,1-3H3,(H,34,39)(H,35,40)(H,36,41)(H,42,43)/t26-,27-/m0/s1. The van der Waals surface area contributed by atoms with Crippen LogP contribution in [0.2, 0.25) is 5.02 Å². The van der Waals surface area contributed by atoms with Crippen LogP contribution in [0.5, 0.6) is 0 Å². The van der Waals surface area contributed by atoms with Gasteiger partial charge < -0.3 is 26.0 Å². The van der Waals surface area contributed by atoms with Crippen LogP contribution >= 0.6 is 11.6 Å². The predicted octanol–water partition coefficient (Wildman–Crippen LogP) is 5.06. The molecule has 1 heterocycles. The summed E-state index contributed by atoms with van der Waals surface area (Å²) in [5, 5.41) is 17.4. The molecular weight excluding hydrogens is 572 g/mol. The van der Waals surface area contributed by atoms with Crippen molar-refractivity contribution in [2.24, 2.45) is 5.41 Å². The third-order valence-electron chi connectivity index (χ3n) is 7.17. The largest absolute Gasteiger partial charge is 0.478 e. The fraction of sp³-hybridized carbons (Fsp3) is 0.281. The number of carboxylic acids is 1. The number of nitrogens with zero attached hydrogens (tertiary/aromatic N) is 1. The van der Waals surface area contributed by atoms with Crippen LogP contribution < -0.4 is 20.9 Å². The number of amides is 4. The second-order valence-electron chi connectivity index (χ2n) is 11.3. The molecule has 1 fully saturated rings. The van der Waals surface area contributed by atoms with E-state index in [2.05, 4.69) is 16.0 Å². The van der Waals surface area contributed by atoms with E-state index >= 15 is 0 Å². The molecule has 4 amide bonds. The van der Waals surface area contributed by atoms with E-state index < -0.39 is 41.1 Å². The lowest BCUT2D eigenvalue weighted by molar-refractivity contribution is -0.138. The molecule has 0 radical (unpaired) electrons. The molecule has 1 aliphatic heterocycles. The van der Waals surface area contributed by atoms with Crippen LogP contribution in [0.25, 0.3) is 0 Å². The van der Waals surface area contributed by atoms with Gasteiger partial charge in [0, 0.05) is 29.6 Å². The van der Waals surface area contributed by atoms with E-state index in [1.807, 2.05) is 51.1 Å². The molecule has 3 aromatic rings. The molecule has 0 aromatic heterocycles. The minimum Gasteiger partial charge on any atom is -0.478 e. The monoisotopic (exact) mass is 604 g/mol. The zero-order valence-corrected chi connectivity index (χ0v) is 24.8. The molecule has 10 nitrogen and oxygen atoms in total. The number of carboxylic acid groups (broad SMARTS) is 1. The second-order valence-corrected chi connectivity index (χ2v) is 11.8. The maximum atomic E-state index is 13.8. The van der Waals surface area contributed by atoms with Crippen LogP contribution in [0.15, 0.2) is 72.8 Å². The molecule has 2 atom stereocenters. The maximum absolute atomic E-state index is 13.8. The number of benzene rings is 3. The molecule has 224 valence electrons. The van der Waals surface area contributed by atoms with Gasteiger partial charge in [0.05, 0.1) is 16.9 Å². The molecule has 1 aliphatic rings. The van der Waals surface area contributed by atoms with Crippen LogP contribution in [-0.4, -0.2) is 47.3 Å². The van der Waals surface area contributed by atoms with E-state index in [0.29, 0.717) is 35.8 Å². The molecule has 43 heavy (non-hydrogen) atoms. The van der Waals surface area contributed by atoms with Crippen molar-refractivity contribution >= 4 is 58.3 Å². The SMILES string of the molecule is CC(C)(C)[C@@H](c1ccccc1)[C@H](NC(=O)C(=O)Nc1cc(Cl)ccc1N1CCCC1=O)C(=O)Nc1ccc(C(=O)O)cc1. The normalized spacial score (nSPS) is 14.5. The zero-order chi connectivity index (χ0) is 31.3. The van der Waals surface area contributed by atoms with Gasteiger partial charge in [0.25, 0.3) is 0 Å². The highest BCUT2D eigenvalue weighted by Crippen LogP contribution is 2.38. The lowest BCUT2D eigenvalue weighted by Crippen LogP contribution is -2.53. The summed E-state index contributed by atoms with van der Waals surface area (Å²) in [5.74, 6) is -4.49. The number of nitrogens with one attached hydrogen (secondary N) is 3. The highest BCUT2D eigenvalue weighted by atomic mass is 35.5. The van der Waals surface area contributed by atoms with Gasteiger partial charge in [-0.3, -0.25) is 19.2 Å². The van der Waals surface area contributed by atoms with E-state index in [0.717, 1.165) is 5.56 Å². The zero-order valence-electron chi connectivity index (χ0n) is 24.0. The number of rotatable bonds is 8. The topological polar surface area (TPSA) is 145 Å². The minimum absolute atomic E-state index is 0.0485. The lowest BCUT2D eigenvalue weighted by Gasteiger charge is -2.37. The molecule has 4 N–H and O–H groups in total. The number of anilines is 3. The van der Waals surface area contributed by atoms with Gasteiger partial charge in [-0.05, 0) is 59.9 Å². The van der Waals surface area contributed by atoms with Gasteiger partial charge in [0.15, 0.2) is 0 Å². The second kappa shape index (κ2) is 13.1. The highest BCUT2D eigenvalue weighted by molar-refractivity contribution is 6.40. The minimum atomic E-state index is -1.21. The summed E-state index contributed by atoms with van der Waals surface area (Å²) in [5.41, 5.74) is 1.19. The molecule has 3 aromatic carbocycles. The van der Waals surface area contributed by atoms with Crippen LogP contribution in [0, 0.1) is 5.41 Å². The van der Waals surface area contributed by atoms with Crippen LogP contribution in [0.1, 0.15) is 55.5 Å². The number of aromatic carboxylic acids is 1. The first-order chi connectivity index (χ1) is 20.3. The summed E-state index contributed by atoms with van der Waals surface area (Å²) in [6.07, 6.45) is 1.04. The fourth-order valence-corrected chi connectivity index (χ4v) is 5.37. The Balaban J connectivity index is 1.63. The summed E-state index contributed by atoms with van der Waals surface area (Å²) >= 11 is 6.17. The van der Waals surface area contributed by atoms with E-state index in [4.69, 9.17) is 11.6 Å². The molecule has 0 spiro atoms. The van der Waals surface area contributed by atoms with Gasteiger partial charge in [-0.1, -0.05) is 62.7 Å². The highest BCUT2D eigenvalue weighted by Gasteiger charge is 2.40. The molecule has 11 heteroatoms. The smallest absolute Gasteiger partial charge is 0.335 e. The van der Waals surface area contributed by atoms with E-state index in [-0.39, 0.29) is 17.2 Å². The predicted molar refractivity (Wildman–Crippen MR) is 164 cm³/mol. The summed E-state index contributed by atoms with van der Waals surface area (Å²) < 4.78 is 0. The van der Waals surface area contributed by atoms with Crippen LogP contribution in [0.3, 0.4) is 0 Å². The van der Waals surface area contributed by atoms with Crippen molar-refractivity contribution in [2.75, 3.05) is 22.1 Å². The lowest BCUT2D eigenvalue weighted by atomic mass is 9.72. The molecule has 4 rings (SSSR count). The van der Waals surface area contributed by atoms with E-state index in [1.165, 1.54) is 35.2 Å². The van der Waals surface area contributed by atoms with Crippen molar-refractivity contribution in [3.8, 4) is 0 Å². The van der Waals surface area contributed by atoms with E-state index in [1.54, 1.807) is 12.1 Å². The Morgan fingerprint density at radius 2 is 1.58 bits per heavy atom. The summed E-state index contributed by atoms with van der Waals surface area (Å²) in [4.78, 5) is 65.6. The Labute approximate surface area is 254 Å². The van der Waals surface area contributed by atoms with Crippen molar-refractivity contribution in [1.29, 1.82) is 0 Å². The first kappa shape index (κ1) is 31.2. The quantitative estimate of drug-likeness (QED) is 0.265. The molecule has 0 bridgehead atoms. The number of carbonyl (C=O) groups excluding carboxylic acids is 4. The Kier molecular flexibility index (Phi) is 9.50. The molecule has 0 unspecified atom stereocenters. The van der Waals surface area contributed by atoms with Crippen molar-refractivity contribution in [2.45, 2.75) is 45.6 Å². The molecule has 0 aliphatic carbocycles. The van der Waals surface area contributed by atoms with Crippen molar-refractivity contribution in [1.82, 2.24) is 5.32 Å². The molecular formula is C32H33ClN4O6. The maximum Gasteiger partial charge on any atom is 0.335 e. The Hall–Kier alpha value is -4.70. The van der Waals surface area contributed by atoms with Gasteiger partial charge >= 0.3 is 17.8 Å². The van der Waals surface area contributed by atoms with Gasteiger partial charge in [0.2, 0.25) is 11.8 Å². The summed E-state index contributed by atoms with van der Waals surface area (Å²) in [6.45, 7) is 6.23. The summed E-state index contributed by atoms with van der Waals surface area (Å²) in [6, 6.07) is 18.2. The average molecular weight is 605 g/mol. The molecule has 1 saturated heterocycles. The first-order valence-corrected chi connectivity index (χ1v) is 14.1. The van der Waals surface area contributed by atoms with E-state index in [9.17, 15) is 29.1 Å². The van der Waals surface area contributed by atoms with Crippen LogP contribution in [0.4, 0.5) is 17.1 Å². The van der Waals surface area contributed by atoms with Gasteiger partial charge in [-0.2, -0.15) is 0 Å². The third-order valence-corrected chi connectivity index (χ3v) is 7.41. The van der Waals surface area contributed by atoms with Crippen molar-refractivity contribution < 1.29 is 29.1 Å². The Bertz CT molecular complexity index is 1540. The van der Waals surface area contributed by atoms with Crippen molar-refractivity contribution in [3.63, 3.8) is 0 Å². The first-order valence-electron chi connectivity index (χ1n) is 13.8. The number of carbonyl (C=O) groups is 5. The number of hydrogen-bond acceptors (Lipinski definition) is 5. The Morgan fingerprint density at radius 3 is 2.16 bits per heavy atom. The fourth-order valence-electron chi connectivity index (χ4n) is 5.20. The Morgan fingerprint density at radius 1 is 0.907 bits per heavy atom. The van der Waals surface area contributed by atoms with Gasteiger partial charge in [-0.15, -0.1) is 0 Å². The van der Waals surface area contributed by atoms with Gasteiger partial charge in [0.1, 0.15) is 6.04 Å².